The van der Waals surface area contributed by atoms with Crippen molar-refractivity contribution in [3.8, 4) is 5.69 Å². The number of imidazole rings is 1. The van der Waals surface area contributed by atoms with Crippen LogP contribution in [0.4, 0.5) is 11.5 Å². The first kappa shape index (κ1) is 25.1. The fourth-order valence-electron chi connectivity index (χ4n) is 3.37. The number of nitrogen functional groups attached to an aromatic ring is 1. The van der Waals surface area contributed by atoms with E-state index in [1.807, 2.05) is 0 Å². The molecule has 0 aliphatic carbocycles. The molecule has 5 aromatic rings. The topological polar surface area (TPSA) is 158 Å². The van der Waals surface area contributed by atoms with Gasteiger partial charge in [0, 0.05) is 30.0 Å². The normalized spacial score (nSPS) is 10.4. The van der Waals surface area contributed by atoms with Gasteiger partial charge in [0.05, 0.1) is 22.3 Å². The van der Waals surface area contributed by atoms with Crippen molar-refractivity contribution in [1.82, 2.24) is 24.1 Å². The Morgan fingerprint density at radius 2 is 1.78 bits per heavy atom. The molecule has 12 heteroatoms. The summed E-state index contributed by atoms with van der Waals surface area (Å²) in [6.45, 7) is -0.188. The number of carbonyl (C=O) groups excluding carboxylic acids is 1. The molecule has 0 radical (unpaired) electrons. The van der Waals surface area contributed by atoms with E-state index in [1.165, 1.54) is 21.5 Å². The number of nitrogens with zero attached hydrogens (tertiary/aromatic N) is 5. The molecule has 1 amide bonds. The molecule has 11 nitrogen and oxygen atoms in total. The van der Waals surface area contributed by atoms with Crippen LogP contribution in [0.1, 0.15) is 10.6 Å². The molecular weight excluding hydrogens is 498 g/mol. The number of aromatic carboxylic acids is 1. The van der Waals surface area contributed by atoms with E-state index in [0.29, 0.717) is 27.6 Å². The van der Waals surface area contributed by atoms with Gasteiger partial charge in [-0.25, -0.2) is 14.8 Å². The molecule has 4 N–H and O–H groups in total. The van der Waals surface area contributed by atoms with Crippen molar-refractivity contribution in [3.05, 3.63) is 107 Å². The molecule has 0 bridgehead atoms. The average Bonchev–Trinajstić information content (AvgIpc) is 3.25. The van der Waals surface area contributed by atoms with E-state index in [4.69, 9.17) is 17.3 Å². The first-order chi connectivity index (χ1) is 17.8. The van der Waals surface area contributed by atoms with Gasteiger partial charge in [0.1, 0.15) is 12.4 Å². The van der Waals surface area contributed by atoms with Gasteiger partial charge in [-0.2, -0.15) is 0 Å². The summed E-state index contributed by atoms with van der Waals surface area (Å²) < 4.78 is 2.86. The van der Waals surface area contributed by atoms with E-state index in [1.54, 1.807) is 73.1 Å². The van der Waals surface area contributed by atoms with Crippen molar-refractivity contribution < 1.29 is 14.7 Å². The molecule has 0 saturated heterocycles. The highest BCUT2D eigenvalue weighted by Gasteiger charge is 2.18. The molecule has 37 heavy (non-hydrogen) atoms. The summed E-state index contributed by atoms with van der Waals surface area (Å²) in [4.78, 5) is 46.6. The first-order valence-corrected chi connectivity index (χ1v) is 11.2. The van der Waals surface area contributed by atoms with Gasteiger partial charge in [-0.3, -0.25) is 19.1 Å². The predicted molar refractivity (Wildman–Crippen MR) is 139 cm³/mol. The Labute approximate surface area is 214 Å². The number of aromatic nitrogens is 5. The number of hydrogen-bond donors (Lipinski definition) is 3. The van der Waals surface area contributed by atoms with Crippen molar-refractivity contribution >= 4 is 46.0 Å². The van der Waals surface area contributed by atoms with Crippen molar-refractivity contribution in [1.29, 1.82) is 0 Å². The van der Waals surface area contributed by atoms with Gasteiger partial charge in [0.2, 0.25) is 11.7 Å². The maximum atomic E-state index is 12.2. The number of nitrogens with one attached hydrogen (secondary N) is 1. The monoisotopic (exact) mass is 517 g/mol. The number of nitrogens with two attached hydrogens (primary N) is 1. The van der Waals surface area contributed by atoms with Crippen molar-refractivity contribution in [2.24, 2.45) is 0 Å². The Hall–Kier alpha value is -5.03. The zero-order valence-corrected chi connectivity index (χ0v) is 19.9. The number of anilines is 2. The van der Waals surface area contributed by atoms with Crippen LogP contribution in [0.5, 0.6) is 0 Å². The number of para-hydroxylation sites is 2. The summed E-state index contributed by atoms with van der Waals surface area (Å²) in [7, 11) is 0. The highest BCUT2D eigenvalue weighted by molar-refractivity contribution is 6.30. The van der Waals surface area contributed by atoms with Gasteiger partial charge in [-0.1, -0.05) is 23.7 Å². The summed E-state index contributed by atoms with van der Waals surface area (Å²) in [5.41, 5.74) is 7.94. The summed E-state index contributed by atoms with van der Waals surface area (Å²) in [6, 6.07) is 17.1. The van der Waals surface area contributed by atoms with Crippen LogP contribution in [0.3, 0.4) is 0 Å². The minimum atomic E-state index is -1.20. The summed E-state index contributed by atoms with van der Waals surface area (Å²) in [5.74, 6) is -1.46. The van der Waals surface area contributed by atoms with Crippen LogP contribution >= 0.6 is 11.6 Å². The van der Waals surface area contributed by atoms with Gasteiger partial charge in [-0.15, -0.1) is 0 Å². The lowest BCUT2D eigenvalue weighted by atomic mass is 10.3. The standard InChI is InChI=1S/C15H11ClN4O3.C10H9N3O/c16-9-5-6-12(17-7-9)19-13(21)8-20-11-4-2-1-3-10(11)18-14(20)15(22)23;11-8-1-3-9(4-2-8)13-6-5-12-7-10(13)14/h1-7H,8H2,(H,22,23)(H,17,19,21);1-7H,11H2. The summed E-state index contributed by atoms with van der Waals surface area (Å²) >= 11 is 5.73. The quantitative estimate of drug-likeness (QED) is 0.300. The van der Waals surface area contributed by atoms with Crippen LogP contribution in [0.2, 0.25) is 5.02 Å². The second-order valence-electron chi connectivity index (χ2n) is 7.60. The number of carbonyl (C=O) groups is 2. The van der Waals surface area contributed by atoms with Crippen LogP contribution in [-0.4, -0.2) is 41.1 Å². The molecule has 0 atom stereocenters. The maximum Gasteiger partial charge on any atom is 0.372 e. The Balaban J connectivity index is 0.000000195. The van der Waals surface area contributed by atoms with E-state index in [0.717, 1.165) is 5.69 Å². The Kier molecular flexibility index (Phi) is 7.55. The van der Waals surface area contributed by atoms with E-state index in [-0.39, 0.29) is 17.9 Å². The minimum absolute atomic E-state index is 0.155. The average molecular weight is 518 g/mol. The SMILES string of the molecule is Nc1ccc(-n2ccncc2=O)cc1.O=C(Cn1c(C(=O)O)nc2ccccc21)Nc1ccc(Cl)cn1. The smallest absolute Gasteiger partial charge is 0.372 e. The maximum absolute atomic E-state index is 12.2. The van der Waals surface area contributed by atoms with Crippen LogP contribution < -0.4 is 16.6 Å². The lowest BCUT2D eigenvalue weighted by Gasteiger charge is -2.08. The van der Waals surface area contributed by atoms with Crippen LogP contribution in [-0.2, 0) is 11.3 Å². The van der Waals surface area contributed by atoms with Crippen molar-refractivity contribution in [2.75, 3.05) is 11.1 Å². The highest BCUT2D eigenvalue weighted by atomic mass is 35.5. The molecule has 0 fully saturated rings. The Bertz CT molecular complexity index is 1610. The molecule has 0 unspecified atom stereocenters. The van der Waals surface area contributed by atoms with E-state index in [9.17, 15) is 19.5 Å². The molecular formula is C25H20ClN7O4. The molecule has 0 aliphatic heterocycles. The van der Waals surface area contributed by atoms with E-state index < -0.39 is 11.9 Å². The number of halogens is 1. The Morgan fingerprint density at radius 1 is 1.03 bits per heavy atom. The number of amides is 1. The van der Waals surface area contributed by atoms with Gasteiger partial charge in [0.15, 0.2) is 0 Å². The fraction of sp³-hybridized carbons (Fsp3) is 0.0400. The molecule has 3 aromatic heterocycles. The van der Waals surface area contributed by atoms with Gasteiger partial charge in [0.25, 0.3) is 5.56 Å². The number of hydrogen-bond acceptors (Lipinski definition) is 7. The molecule has 186 valence electrons. The molecule has 0 saturated carbocycles. The third kappa shape index (κ3) is 6.16. The van der Waals surface area contributed by atoms with Gasteiger partial charge < -0.3 is 20.7 Å². The number of carboxylic acid groups (broad SMARTS) is 1. The summed E-state index contributed by atoms with van der Waals surface area (Å²) in [6.07, 6.45) is 5.87. The van der Waals surface area contributed by atoms with Crippen LogP contribution in [0.15, 0.2) is 90.2 Å². The molecule has 5 rings (SSSR count). The fourth-order valence-corrected chi connectivity index (χ4v) is 3.48. The number of fused-ring (bicyclic) bond motifs is 1. The Morgan fingerprint density at radius 3 is 2.46 bits per heavy atom. The molecule has 3 heterocycles. The number of benzene rings is 2. The second kappa shape index (κ2) is 11.1. The third-order valence-electron chi connectivity index (χ3n) is 5.04. The largest absolute Gasteiger partial charge is 0.475 e. The number of carboxylic acids is 1. The summed E-state index contributed by atoms with van der Waals surface area (Å²) in [5, 5.41) is 12.3. The van der Waals surface area contributed by atoms with E-state index >= 15 is 0 Å². The van der Waals surface area contributed by atoms with Gasteiger partial charge in [-0.05, 0) is 48.5 Å². The van der Waals surface area contributed by atoms with Crippen LogP contribution in [0.25, 0.3) is 16.7 Å². The zero-order valence-electron chi connectivity index (χ0n) is 19.2. The first-order valence-electron chi connectivity index (χ1n) is 10.8. The molecule has 2 aromatic carbocycles. The zero-order chi connectivity index (χ0) is 26.4. The molecule has 0 aliphatic rings. The minimum Gasteiger partial charge on any atom is -0.475 e. The number of pyridine rings is 1. The number of rotatable bonds is 5. The molecule has 0 spiro atoms. The third-order valence-corrected chi connectivity index (χ3v) is 5.26. The van der Waals surface area contributed by atoms with Gasteiger partial charge >= 0.3 is 5.97 Å². The van der Waals surface area contributed by atoms with E-state index in [2.05, 4.69) is 20.3 Å². The predicted octanol–water partition coefficient (Wildman–Crippen LogP) is 3.24. The highest BCUT2D eigenvalue weighted by Crippen LogP contribution is 2.17. The van der Waals surface area contributed by atoms with Crippen LogP contribution in [0, 0.1) is 0 Å². The second-order valence-corrected chi connectivity index (χ2v) is 8.04. The lowest BCUT2D eigenvalue weighted by molar-refractivity contribution is -0.116. The van der Waals surface area contributed by atoms with Crippen molar-refractivity contribution in [2.45, 2.75) is 6.54 Å². The lowest BCUT2D eigenvalue weighted by Crippen LogP contribution is -2.22. The van der Waals surface area contributed by atoms with Crippen molar-refractivity contribution in [3.63, 3.8) is 0 Å².